The fourth-order valence-electron chi connectivity index (χ4n) is 3.44. The molecule has 3 rings (SSSR count). The fraction of sp³-hybridized carbons (Fsp3) is 0.381. The summed E-state index contributed by atoms with van der Waals surface area (Å²) in [5.41, 5.74) is 1.17. The number of alkyl halides is 3. The Labute approximate surface area is 182 Å². The van der Waals surface area contributed by atoms with Crippen LogP contribution in [0.3, 0.4) is 0 Å². The Bertz CT molecular complexity index is 989. The van der Waals surface area contributed by atoms with E-state index in [0.29, 0.717) is 37.3 Å². The molecule has 6 nitrogen and oxygen atoms in total. The van der Waals surface area contributed by atoms with Gasteiger partial charge in [-0.05, 0) is 43.5 Å². The number of hydrogen-bond acceptors (Lipinski definition) is 4. The van der Waals surface area contributed by atoms with E-state index in [0.717, 1.165) is 17.8 Å². The molecule has 2 N–H and O–H groups in total. The maximum atomic E-state index is 12.8. The fourth-order valence-corrected chi connectivity index (χ4v) is 3.73. The maximum absolute atomic E-state index is 12.8. The molecule has 0 saturated carbocycles. The van der Waals surface area contributed by atoms with Gasteiger partial charge in [0, 0.05) is 43.5 Å². The van der Waals surface area contributed by atoms with Crippen LogP contribution in [0.15, 0.2) is 30.5 Å². The molecule has 2 aromatic rings. The van der Waals surface area contributed by atoms with Gasteiger partial charge < -0.3 is 15.5 Å². The summed E-state index contributed by atoms with van der Waals surface area (Å²) >= 11 is 6.03. The first-order valence-corrected chi connectivity index (χ1v) is 10.1. The van der Waals surface area contributed by atoms with Crippen LogP contribution in [0.2, 0.25) is 5.02 Å². The van der Waals surface area contributed by atoms with Gasteiger partial charge in [0.05, 0.1) is 10.6 Å². The summed E-state index contributed by atoms with van der Waals surface area (Å²) in [6.45, 7) is 4.15. The Hall–Kier alpha value is -2.81. The van der Waals surface area contributed by atoms with Crippen LogP contribution in [0, 0.1) is 12.8 Å². The average Bonchev–Trinajstić information content (AvgIpc) is 2.69. The third-order valence-corrected chi connectivity index (χ3v) is 5.41. The minimum atomic E-state index is -4.50. The molecule has 0 spiro atoms. The number of aromatic nitrogens is 1. The third kappa shape index (κ3) is 5.66. The van der Waals surface area contributed by atoms with Gasteiger partial charge in [0.15, 0.2) is 0 Å². The van der Waals surface area contributed by atoms with E-state index in [9.17, 15) is 22.8 Å². The number of nitrogens with zero attached hydrogens (tertiary/aromatic N) is 2. The Kier molecular flexibility index (Phi) is 6.74. The van der Waals surface area contributed by atoms with Crippen LogP contribution in [-0.2, 0) is 15.8 Å². The zero-order valence-electron chi connectivity index (χ0n) is 17.0. The summed E-state index contributed by atoms with van der Waals surface area (Å²) in [5.74, 6) is -0.320. The molecule has 31 heavy (non-hydrogen) atoms. The van der Waals surface area contributed by atoms with Gasteiger partial charge in [-0.2, -0.15) is 13.2 Å². The predicted molar refractivity (Wildman–Crippen MR) is 113 cm³/mol. The second kappa shape index (κ2) is 9.13. The Morgan fingerprint density at radius 3 is 2.42 bits per heavy atom. The molecule has 0 aliphatic carbocycles. The van der Waals surface area contributed by atoms with E-state index in [1.807, 2.05) is 13.0 Å². The number of carbonyl (C=O) groups excluding carboxylic acids is 2. The number of anilines is 3. The molecule has 2 amide bonds. The van der Waals surface area contributed by atoms with Crippen LogP contribution >= 0.6 is 11.6 Å². The van der Waals surface area contributed by atoms with E-state index in [-0.39, 0.29) is 28.6 Å². The van der Waals surface area contributed by atoms with Crippen LogP contribution in [-0.4, -0.2) is 29.9 Å². The highest BCUT2D eigenvalue weighted by molar-refractivity contribution is 6.33. The molecule has 0 bridgehead atoms. The van der Waals surface area contributed by atoms with E-state index in [1.54, 1.807) is 17.0 Å². The average molecular weight is 455 g/mol. The highest BCUT2D eigenvalue weighted by atomic mass is 35.5. The number of aryl methyl sites for hydroxylation is 1. The van der Waals surface area contributed by atoms with Crippen LogP contribution in [0.25, 0.3) is 0 Å². The van der Waals surface area contributed by atoms with Crippen molar-refractivity contribution in [1.29, 1.82) is 0 Å². The van der Waals surface area contributed by atoms with Crippen LogP contribution in [0.4, 0.5) is 30.4 Å². The molecule has 166 valence electrons. The van der Waals surface area contributed by atoms with Crippen molar-refractivity contribution in [3.05, 3.63) is 46.6 Å². The van der Waals surface area contributed by atoms with E-state index in [1.165, 1.54) is 6.92 Å². The van der Waals surface area contributed by atoms with Gasteiger partial charge in [-0.25, -0.2) is 4.98 Å². The van der Waals surface area contributed by atoms with Crippen molar-refractivity contribution in [2.45, 2.75) is 32.9 Å². The number of piperidine rings is 1. The van der Waals surface area contributed by atoms with Gasteiger partial charge in [0.1, 0.15) is 5.82 Å². The zero-order valence-corrected chi connectivity index (χ0v) is 17.8. The van der Waals surface area contributed by atoms with E-state index in [4.69, 9.17) is 11.6 Å². The molecular formula is C21H22ClF3N4O2. The highest BCUT2D eigenvalue weighted by Gasteiger charge is 2.33. The van der Waals surface area contributed by atoms with Gasteiger partial charge in [-0.3, -0.25) is 9.59 Å². The summed E-state index contributed by atoms with van der Waals surface area (Å²) in [7, 11) is 0. The number of amides is 2. The van der Waals surface area contributed by atoms with Gasteiger partial charge in [-0.15, -0.1) is 0 Å². The van der Waals surface area contributed by atoms with Crippen LogP contribution < -0.4 is 15.5 Å². The largest absolute Gasteiger partial charge is 0.417 e. The first-order chi connectivity index (χ1) is 14.5. The normalized spacial score (nSPS) is 15.0. The number of hydrogen-bond donors (Lipinski definition) is 2. The summed E-state index contributed by atoms with van der Waals surface area (Å²) in [5, 5.41) is 5.52. The lowest BCUT2D eigenvalue weighted by Gasteiger charge is -2.32. The van der Waals surface area contributed by atoms with Crippen molar-refractivity contribution in [3.8, 4) is 0 Å². The summed E-state index contributed by atoms with van der Waals surface area (Å²) in [6.07, 6.45) is -2.72. The molecule has 1 aliphatic heterocycles. The molecule has 0 atom stereocenters. The van der Waals surface area contributed by atoms with Gasteiger partial charge >= 0.3 is 6.18 Å². The summed E-state index contributed by atoms with van der Waals surface area (Å²) in [6, 6.07) is 6.14. The first-order valence-electron chi connectivity index (χ1n) is 9.71. The van der Waals surface area contributed by atoms with Crippen molar-refractivity contribution in [3.63, 3.8) is 0 Å². The number of rotatable bonds is 4. The second-order valence-electron chi connectivity index (χ2n) is 7.49. The molecule has 10 heteroatoms. The van der Waals surface area contributed by atoms with Crippen molar-refractivity contribution >= 4 is 40.6 Å². The molecule has 0 unspecified atom stereocenters. The summed E-state index contributed by atoms with van der Waals surface area (Å²) < 4.78 is 38.4. The summed E-state index contributed by atoms with van der Waals surface area (Å²) in [4.78, 5) is 29.7. The maximum Gasteiger partial charge on any atom is 0.417 e. The molecule has 1 aliphatic rings. The SMILES string of the molecule is CC(=O)Nc1ccc(C)c(NC(=O)C2CCN(c3ncc(C(F)(F)F)cc3Cl)CC2)c1. The van der Waals surface area contributed by atoms with Gasteiger partial charge in [-0.1, -0.05) is 17.7 Å². The number of nitrogens with one attached hydrogen (secondary N) is 2. The molecule has 1 aromatic carbocycles. The standard InChI is InChI=1S/C21H22ClF3N4O2/c1-12-3-4-16(27-13(2)30)10-18(12)28-20(31)14-5-7-29(8-6-14)19-17(22)9-15(11-26-19)21(23,24)25/h3-4,9-11,14H,5-8H2,1-2H3,(H,27,30)(H,28,31). The zero-order chi connectivity index (χ0) is 22.8. The lowest BCUT2D eigenvalue weighted by molar-refractivity contribution is -0.137. The number of benzene rings is 1. The molecule has 2 heterocycles. The minimum absolute atomic E-state index is 0.0665. The van der Waals surface area contributed by atoms with Gasteiger partial charge in [0.25, 0.3) is 0 Å². The third-order valence-electron chi connectivity index (χ3n) is 5.13. The molecule has 1 fully saturated rings. The van der Waals surface area contributed by atoms with Crippen molar-refractivity contribution in [1.82, 2.24) is 4.98 Å². The molecule has 1 saturated heterocycles. The smallest absolute Gasteiger partial charge is 0.355 e. The van der Waals surface area contributed by atoms with E-state index in [2.05, 4.69) is 15.6 Å². The van der Waals surface area contributed by atoms with Crippen LogP contribution in [0.1, 0.15) is 30.9 Å². The minimum Gasteiger partial charge on any atom is -0.355 e. The van der Waals surface area contributed by atoms with Crippen molar-refractivity contribution < 1.29 is 22.8 Å². The lowest BCUT2D eigenvalue weighted by atomic mass is 9.95. The van der Waals surface area contributed by atoms with Gasteiger partial charge in [0.2, 0.25) is 11.8 Å². The number of pyridine rings is 1. The van der Waals surface area contributed by atoms with Crippen LogP contribution in [0.5, 0.6) is 0 Å². The molecule has 1 aromatic heterocycles. The molecular weight excluding hydrogens is 433 g/mol. The van der Waals surface area contributed by atoms with E-state index >= 15 is 0 Å². The Morgan fingerprint density at radius 2 is 1.84 bits per heavy atom. The quantitative estimate of drug-likeness (QED) is 0.690. The monoisotopic (exact) mass is 454 g/mol. The number of carbonyl (C=O) groups is 2. The first kappa shape index (κ1) is 22.9. The van der Waals surface area contributed by atoms with Crippen molar-refractivity contribution in [2.75, 3.05) is 28.6 Å². The topological polar surface area (TPSA) is 74.3 Å². The highest BCUT2D eigenvalue weighted by Crippen LogP contribution is 2.35. The predicted octanol–water partition coefficient (Wildman–Crippen LogP) is 4.88. The molecule has 0 radical (unpaired) electrons. The Balaban J connectivity index is 1.62. The number of halogens is 4. The second-order valence-corrected chi connectivity index (χ2v) is 7.90. The Morgan fingerprint density at radius 1 is 1.16 bits per heavy atom. The van der Waals surface area contributed by atoms with Crippen molar-refractivity contribution in [2.24, 2.45) is 5.92 Å². The van der Waals surface area contributed by atoms with E-state index < -0.39 is 11.7 Å². The lowest BCUT2D eigenvalue weighted by Crippen LogP contribution is -2.38.